The van der Waals surface area contributed by atoms with Crippen molar-refractivity contribution in [2.45, 2.75) is 32.6 Å². The number of hydrogen-bond acceptors (Lipinski definition) is 3. The predicted octanol–water partition coefficient (Wildman–Crippen LogP) is 3.34. The summed E-state index contributed by atoms with van der Waals surface area (Å²) in [6.45, 7) is -1.07. The van der Waals surface area contributed by atoms with Crippen LogP contribution in [0.15, 0.2) is 48.5 Å². The zero-order chi connectivity index (χ0) is 17.5. The average molecular weight is 335 g/mol. The third kappa shape index (κ3) is 5.31. The molecule has 128 valence electrons. The van der Waals surface area contributed by atoms with Crippen molar-refractivity contribution in [1.82, 2.24) is 5.32 Å². The van der Waals surface area contributed by atoms with Crippen LogP contribution in [0.2, 0.25) is 0 Å². The summed E-state index contributed by atoms with van der Waals surface area (Å²) in [5, 5.41) is 12.6. The molecule has 1 atom stereocenters. The number of rotatable bonds is 7. The summed E-state index contributed by atoms with van der Waals surface area (Å²) in [6.07, 6.45) is -1.03. The molecule has 2 aromatic rings. The number of alkyl halides is 2. The number of aliphatic hydroxyl groups is 1. The highest BCUT2D eigenvalue weighted by molar-refractivity contribution is 5.76. The summed E-state index contributed by atoms with van der Waals surface area (Å²) in [5.41, 5.74) is 1.97. The van der Waals surface area contributed by atoms with Gasteiger partial charge in [-0.2, -0.15) is 8.78 Å². The van der Waals surface area contributed by atoms with Crippen molar-refractivity contribution in [1.29, 1.82) is 0 Å². The van der Waals surface area contributed by atoms with Gasteiger partial charge in [-0.15, -0.1) is 0 Å². The lowest BCUT2D eigenvalue weighted by Gasteiger charge is -2.14. The van der Waals surface area contributed by atoms with Gasteiger partial charge in [-0.1, -0.05) is 48.0 Å². The number of benzene rings is 2. The van der Waals surface area contributed by atoms with Gasteiger partial charge in [0.05, 0.1) is 12.5 Å². The summed E-state index contributed by atoms with van der Waals surface area (Å²) >= 11 is 0. The summed E-state index contributed by atoms with van der Waals surface area (Å²) < 4.78 is 29.3. The molecule has 2 rings (SSSR count). The van der Waals surface area contributed by atoms with E-state index in [1.54, 1.807) is 36.4 Å². The number of halogens is 2. The number of carbonyl (C=O) groups is 1. The molecule has 6 heteroatoms. The molecular formula is C18H19F2NO3. The van der Waals surface area contributed by atoms with Gasteiger partial charge in [-0.05, 0) is 18.6 Å². The first-order chi connectivity index (χ1) is 11.5. The van der Waals surface area contributed by atoms with Crippen molar-refractivity contribution in [2.24, 2.45) is 0 Å². The molecule has 4 nitrogen and oxygen atoms in total. The molecule has 0 fully saturated rings. The Labute approximate surface area is 139 Å². The average Bonchev–Trinajstić information content (AvgIpc) is 2.55. The smallest absolute Gasteiger partial charge is 0.387 e. The number of aryl methyl sites for hydroxylation is 1. The molecule has 0 spiro atoms. The van der Waals surface area contributed by atoms with Crippen molar-refractivity contribution < 1.29 is 23.4 Å². The van der Waals surface area contributed by atoms with E-state index in [4.69, 9.17) is 0 Å². The first-order valence-corrected chi connectivity index (χ1v) is 7.49. The van der Waals surface area contributed by atoms with Crippen molar-refractivity contribution in [2.75, 3.05) is 0 Å². The van der Waals surface area contributed by atoms with E-state index < -0.39 is 12.7 Å². The Kier molecular flexibility index (Phi) is 6.26. The number of aliphatic hydroxyl groups excluding tert-OH is 1. The minimum atomic E-state index is -2.93. The van der Waals surface area contributed by atoms with Crippen molar-refractivity contribution in [3.8, 4) is 5.75 Å². The Balaban J connectivity index is 1.95. The number of carbonyl (C=O) groups excluding carboxylic acids is 1. The summed E-state index contributed by atoms with van der Waals surface area (Å²) in [5.74, 6) is -0.352. The number of nitrogens with one attached hydrogen (secondary N) is 1. The molecule has 0 saturated heterocycles. The van der Waals surface area contributed by atoms with E-state index in [0.29, 0.717) is 11.1 Å². The standard InChI is InChI=1S/C18H19F2NO3/c1-12-7-8-16(24-18(19)20)14(9-12)11-21-17(23)10-15(22)13-5-3-2-4-6-13/h2-9,15,18,22H,10-11H2,1H3,(H,21,23). The van der Waals surface area contributed by atoms with Gasteiger partial charge < -0.3 is 15.2 Å². The van der Waals surface area contributed by atoms with Crippen LogP contribution < -0.4 is 10.1 Å². The van der Waals surface area contributed by atoms with E-state index in [1.165, 1.54) is 6.07 Å². The van der Waals surface area contributed by atoms with Gasteiger partial charge >= 0.3 is 6.61 Å². The second-order valence-electron chi connectivity index (χ2n) is 5.40. The number of hydrogen-bond donors (Lipinski definition) is 2. The Morgan fingerprint density at radius 1 is 1.21 bits per heavy atom. The first kappa shape index (κ1) is 17.9. The predicted molar refractivity (Wildman–Crippen MR) is 85.7 cm³/mol. The van der Waals surface area contributed by atoms with Crippen molar-refractivity contribution in [3.05, 3.63) is 65.2 Å². The second-order valence-corrected chi connectivity index (χ2v) is 5.40. The summed E-state index contributed by atoms with van der Waals surface area (Å²) in [6, 6.07) is 13.6. The topological polar surface area (TPSA) is 58.6 Å². The van der Waals surface area contributed by atoms with E-state index >= 15 is 0 Å². The Morgan fingerprint density at radius 2 is 1.92 bits per heavy atom. The highest BCUT2D eigenvalue weighted by Gasteiger charge is 2.14. The van der Waals surface area contributed by atoms with Gasteiger partial charge in [0, 0.05) is 12.1 Å². The molecule has 2 N–H and O–H groups in total. The lowest BCUT2D eigenvalue weighted by Crippen LogP contribution is -2.25. The van der Waals surface area contributed by atoms with Gasteiger partial charge in [-0.3, -0.25) is 4.79 Å². The van der Waals surface area contributed by atoms with Crippen LogP contribution in [0.25, 0.3) is 0 Å². The van der Waals surface area contributed by atoms with E-state index in [0.717, 1.165) is 5.56 Å². The monoisotopic (exact) mass is 335 g/mol. The maximum absolute atomic E-state index is 12.4. The molecule has 0 aliphatic carbocycles. The van der Waals surface area contributed by atoms with E-state index in [2.05, 4.69) is 10.1 Å². The van der Waals surface area contributed by atoms with Crippen LogP contribution in [0.1, 0.15) is 29.2 Å². The summed E-state index contributed by atoms with van der Waals surface area (Å²) in [4.78, 5) is 12.0. The van der Waals surface area contributed by atoms with Crippen molar-refractivity contribution >= 4 is 5.91 Å². The van der Waals surface area contributed by atoms with E-state index in [-0.39, 0.29) is 24.6 Å². The Bertz CT molecular complexity index is 677. The SMILES string of the molecule is Cc1ccc(OC(F)F)c(CNC(=O)CC(O)c2ccccc2)c1. The lowest BCUT2D eigenvalue weighted by molar-refractivity contribution is -0.123. The fraction of sp³-hybridized carbons (Fsp3) is 0.278. The highest BCUT2D eigenvalue weighted by atomic mass is 19.3. The first-order valence-electron chi connectivity index (χ1n) is 7.49. The molecule has 0 aliphatic heterocycles. The molecule has 0 bridgehead atoms. The van der Waals surface area contributed by atoms with Crippen LogP contribution in [0.4, 0.5) is 8.78 Å². The zero-order valence-electron chi connectivity index (χ0n) is 13.2. The lowest BCUT2D eigenvalue weighted by atomic mass is 10.1. The summed E-state index contributed by atoms with van der Waals surface area (Å²) in [7, 11) is 0. The van der Waals surface area contributed by atoms with Crippen molar-refractivity contribution in [3.63, 3.8) is 0 Å². The third-order valence-corrected chi connectivity index (χ3v) is 3.47. The Hall–Kier alpha value is -2.47. The van der Waals surface area contributed by atoms with Crippen LogP contribution in [0, 0.1) is 6.92 Å². The molecule has 24 heavy (non-hydrogen) atoms. The Morgan fingerprint density at radius 3 is 2.58 bits per heavy atom. The number of ether oxygens (including phenoxy) is 1. The molecule has 0 aliphatic rings. The van der Waals surface area contributed by atoms with E-state index in [9.17, 15) is 18.7 Å². The van der Waals surface area contributed by atoms with Gasteiger partial charge in [0.1, 0.15) is 5.75 Å². The molecule has 0 heterocycles. The molecule has 1 amide bonds. The van der Waals surface area contributed by atoms with Gasteiger partial charge in [0.25, 0.3) is 0 Å². The minimum Gasteiger partial charge on any atom is -0.434 e. The van der Waals surface area contributed by atoms with Gasteiger partial charge in [0.15, 0.2) is 0 Å². The fourth-order valence-electron chi connectivity index (χ4n) is 2.29. The minimum absolute atomic E-state index is 0.0273. The second kappa shape index (κ2) is 8.40. The molecule has 0 radical (unpaired) electrons. The normalized spacial score (nSPS) is 12.0. The molecule has 2 aromatic carbocycles. The van der Waals surface area contributed by atoms with Crippen LogP contribution in [0.5, 0.6) is 5.75 Å². The largest absolute Gasteiger partial charge is 0.434 e. The van der Waals surface area contributed by atoms with Crippen LogP contribution in [-0.2, 0) is 11.3 Å². The van der Waals surface area contributed by atoms with E-state index in [1.807, 2.05) is 13.0 Å². The highest BCUT2D eigenvalue weighted by Crippen LogP contribution is 2.22. The third-order valence-electron chi connectivity index (χ3n) is 3.47. The number of amides is 1. The molecule has 1 unspecified atom stereocenters. The van der Waals surface area contributed by atoms with Crippen LogP contribution in [-0.4, -0.2) is 17.6 Å². The maximum atomic E-state index is 12.4. The van der Waals surface area contributed by atoms with Gasteiger partial charge in [-0.25, -0.2) is 0 Å². The fourth-order valence-corrected chi connectivity index (χ4v) is 2.29. The van der Waals surface area contributed by atoms with Crippen LogP contribution in [0.3, 0.4) is 0 Å². The molecule has 0 saturated carbocycles. The quantitative estimate of drug-likeness (QED) is 0.816. The van der Waals surface area contributed by atoms with Crippen LogP contribution >= 0.6 is 0 Å². The van der Waals surface area contributed by atoms with Gasteiger partial charge in [0.2, 0.25) is 5.91 Å². The molecule has 0 aromatic heterocycles. The maximum Gasteiger partial charge on any atom is 0.387 e. The molecular weight excluding hydrogens is 316 g/mol. The zero-order valence-corrected chi connectivity index (χ0v) is 13.2.